The van der Waals surface area contributed by atoms with Gasteiger partial charge in [-0.1, -0.05) is 13.8 Å². The van der Waals surface area contributed by atoms with Crippen molar-refractivity contribution in [3.05, 3.63) is 33.9 Å². The maximum absolute atomic E-state index is 10.9. The Bertz CT molecular complexity index is 603. The Morgan fingerprint density at radius 1 is 1.35 bits per heavy atom. The molecule has 6 nitrogen and oxygen atoms in total. The second kappa shape index (κ2) is 7.08. The van der Waals surface area contributed by atoms with Gasteiger partial charge in [0.15, 0.2) is 0 Å². The second-order valence-corrected chi connectivity index (χ2v) is 6.51. The second-order valence-electron chi connectivity index (χ2n) is 6.51. The Morgan fingerprint density at radius 3 is 2.43 bits per heavy atom. The monoisotopic (exact) mass is 319 g/mol. The summed E-state index contributed by atoms with van der Waals surface area (Å²) in [6.45, 7) is 11.8. The molecule has 1 heterocycles. The van der Waals surface area contributed by atoms with Crippen LogP contribution < -0.4 is 0 Å². The molecule has 0 aliphatic carbocycles. The minimum atomic E-state index is -0.380. The van der Waals surface area contributed by atoms with Gasteiger partial charge in [-0.15, -0.1) is 0 Å². The summed E-state index contributed by atoms with van der Waals surface area (Å²) in [6, 6.07) is 4.80. The first-order chi connectivity index (χ1) is 10.8. The first kappa shape index (κ1) is 17.4. The Labute approximate surface area is 137 Å². The third-order valence-electron chi connectivity index (χ3n) is 3.89. The highest BCUT2D eigenvalue weighted by molar-refractivity contribution is 5.87. The number of hydrogen-bond acceptors (Lipinski definition) is 4. The molecule has 2 rings (SSSR count). The minimum Gasteiger partial charge on any atom is -0.372 e. The van der Waals surface area contributed by atoms with E-state index >= 15 is 0 Å². The number of aliphatic imine (C=N–C) groups is 1. The first-order valence-corrected chi connectivity index (χ1v) is 8.02. The lowest BCUT2D eigenvalue weighted by molar-refractivity contribution is -0.384. The largest absolute Gasteiger partial charge is 0.372 e. The quantitative estimate of drug-likeness (QED) is 0.369. The van der Waals surface area contributed by atoms with E-state index in [4.69, 9.17) is 9.73 Å². The summed E-state index contributed by atoms with van der Waals surface area (Å²) in [5.74, 6) is 1.27. The van der Waals surface area contributed by atoms with Gasteiger partial charge >= 0.3 is 0 Å². The molecule has 0 aromatic heterocycles. The number of amidine groups is 1. The van der Waals surface area contributed by atoms with Crippen LogP contribution >= 0.6 is 0 Å². The molecule has 0 N–H and O–H groups in total. The fraction of sp³-hybridized carbons (Fsp3) is 0.588. The predicted molar refractivity (Wildman–Crippen MR) is 91.3 cm³/mol. The molecule has 1 saturated heterocycles. The molecule has 1 aromatic carbocycles. The normalized spacial score (nSPS) is 22.5. The van der Waals surface area contributed by atoms with Gasteiger partial charge in [0, 0.05) is 31.1 Å². The van der Waals surface area contributed by atoms with Crippen molar-refractivity contribution in [2.24, 2.45) is 10.9 Å². The molecular formula is C17H25N3O3. The maximum Gasteiger partial charge on any atom is 0.269 e. The van der Waals surface area contributed by atoms with E-state index in [-0.39, 0.29) is 28.7 Å². The maximum atomic E-state index is 10.9. The Hall–Kier alpha value is -1.95. The Kier molecular flexibility index (Phi) is 5.36. The van der Waals surface area contributed by atoms with Crippen molar-refractivity contribution < 1.29 is 9.66 Å². The van der Waals surface area contributed by atoms with E-state index < -0.39 is 0 Å². The van der Waals surface area contributed by atoms with Crippen LogP contribution in [-0.2, 0) is 4.74 Å². The highest BCUT2D eigenvalue weighted by Gasteiger charge is 2.26. The van der Waals surface area contributed by atoms with Gasteiger partial charge in [0.2, 0.25) is 0 Å². The van der Waals surface area contributed by atoms with Crippen molar-refractivity contribution in [1.82, 2.24) is 4.90 Å². The number of ether oxygens (including phenoxy) is 1. The zero-order valence-electron chi connectivity index (χ0n) is 14.4. The molecule has 0 unspecified atom stereocenters. The van der Waals surface area contributed by atoms with Gasteiger partial charge in [-0.05, 0) is 32.4 Å². The summed E-state index contributed by atoms with van der Waals surface area (Å²) in [4.78, 5) is 17.6. The van der Waals surface area contributed by atoms with Crippen LogP contribution in [0.15, 0.2) is 23.2 Å². The van der Waals surface area contributed by atoms with Crippen LogP contribution in [0.5, 0.6) is 0 Å². The van der Waals surface area contributed by atoms with Gasteiger partial charge < -0.3 is 9.64 Å². The van der Waals surface area contributed by atoms with Gasteiger partial charge in [0.25, 0.3) is 5.69 Å². The molecule has 0 amide bonds. The van der Waals surface area contributed by atoms with Crippen LogP contribution in [0.3, 0.4) is 0 Å². The van der Waals surface area contributed by atoms with Crippen LogP contribution in [0.1, 0.15) is 33.3 Å². The molecule has 1 aliphatic rings. The van der Waals surface area contributed by atoms with E-state index in [2.05, 4.69) is 32.6 Å². The highest BCUT2D eigenvalue weighted by Crippen LogP contribution is 2.26. The van der Waals surface area contributed by atoms with Crippen molar-refractivity contribution >= 4 is 17.2 Å². The summed E-state index contributed by atoms with van der Waals surface area (Å²) >= 11 is 0. The average molecular weight is 319 g/mol. The van der Waals surface area contributed by atoms with Crippen molar-refractivity contribution in [3.63, 3.8) is 0 Å². The highest BCUT2D eigenvalue weighted by atomic mass is 16.6. The lowest BCUT2D eigenvalue weighted by Gasteiger charge is -2.38. The SMILES string of the molecule is Cc1cc([N+](=O)[O-])ccc1N=C(C(C)C)N1C[C@@H](C)O[C@@H](C)C1. The van der Waals surface area contributed by atoms with Gasteiger partial charge in [-0.3, -0.25) is 10.1 Å². The molecule has 1 aliphatic heterocycles. The number of morpholine rings is 1. The number of hydrogen-bond donors (Lipinski definition) is 0. The van der Waals surface area contributed by atoms with Crippen LogP contribution in [-0.4, -0.2) is 41.0 Å². The molecule has 0 spiro atoms. The van der Waals surface area contributed by atoms with Crippen LogP contribution in [0, 0.1) is 23.0 Å². The molecule has 1 fully saturated rings. The average Bonchev–Trinajstić information content (AvgIpc) is 2.44. The van der Waals surface area contributed by atoms with E-state index in [1.165, 1.54) is 6.07 Å². The Morgan fingerprint density at radius 2 is 1.96 bits per heavy atom. The van der Waals surface area contributed by atoms with Crippen LogP contribution in [0.25, 0.3) is 0 Å². The molecule has 0 radical (unpaired) electrons. The lowest BCUT2D eigenvalue weighted by Crippen LogP contribution is -2.49. The molecule has 0 bridgehead atoms. The van der Waals surface area contributed by atoms with Gasteiger partial charge in [-0.2, -0.15) is 0 Å². The number of benzene rings is 1. The third-order valence-corrected chi connectivity index (χ3v) is 3.89. The first-order valence-electron chi connectivity index (χ1n) is 8.02. The van der Waals surface area contributed by atoms with Crippen molar-refractivity contribution in [2.75, 3.05) is 13.1 Å². The zero-order chi connectivity index (χ0) is 17.1. The molecule has 2 atom stereocenters. The fourth-order valence-corrected chi connectivity index (χ4v) is 2.93. The van der Waals surface area contributed by atoms with E-state index in [9.17, 15) is 10.1 Å². The van der Waals surface area contributed by atoms with Gasteiger partial charge in [-0.25, -0.2) is 4.99 Å². The van der Waals surface area contributed by atoms with Crippen LogP contribution in [0.4, 0.5) is 11.4 Å². The van der Waals surface area contributed by atoms with Gasteiger partial charge in [0.05, 0.1) is 22.8 Å². The zero-order valence-corrected chi connectivity index (χ0v) is 14.4. The molecule has 126 valence electrons. The van der Waals surface area contributed by atoms with E-state index in [1.807, 2.05) is 6.92 Å². The molecule has 23 heavy (non-hydrogen) atoms. The lowest BCUT2D eigenvalue weighted by atomic mass is 10.1. The van der Waals surface area contributed by atoms with Crippen molar-refractivity contribution in [1.29, 1.82) is 0 Å². The predicted octanol–water partition coefficient (Wildman–Crippen LogP) is 3.70. The molecule has 0 saturated carbocycles. The number of nitro benzene ring substituents is 1. The topological polar surface area (TPSA) is 68.0 Å². The summed E-state index contributed by atoms with van der Waals surface area (Å²) in [6.07, 6.45) is 0.335. The summed E-state index contributed by atoms with van der Waals surface area (Å²) < 4.78 is 5.79. The molecular weight excluding hydrogens is 294 g/mol. The molecule has 1 aromatic rings. The number of nitro groups is 1. The van der Waals surface area contributed by atoms with E-state index in [0.717, 1.165) is 30.2 Å². The van der Waals surface area contributed by atoms with E-state index in [0.29, 0.717) is 0 Å². The number of non-ortho nitro benzene ring substituents is 1. The summed E-state index contributed by atoms with van der Waals surface area (Å²) in [7, 11) is 0. The smallest absolute Gasteiger partial charge is 0.269 e. The summed E-state index contributed by atoms with van der Waals surface area (Å²) in [5, 5.41) is 10.9. The molecule has 6 heteroatoms. The minimum absolute atomic E-state index is 0.0983. The van der Waals surface area contributed by atoms with Crippen molar-refractivity contribution in [3.8, 4) is 0 Å². The van der Waals surface area contributed by atoms with Crippen LogP contribution in [0.2, 0.25) is 0 Å². The standard InChI is InChI=1S/C17H25N3O3/c1-11(2)17(19-9-13(4)23-14(5)10-19)18-16-7-6-15(20(21)22)8-12(16)3/h6-8,11,13-14H,9-10H2,1-5H3/t13-,14+. The third kappa shape index (κ3) is 4.28. The van der Waals surface area contributed by atoms with Crippen molar-refractivity contribution in [2.45, 2.75) is 46.8 Å². The fourth-order valence-electron chi connectivity index (χ4n) is 2.93. The number of aryl methyl sites for hydroxylation is 1. The van der Waals surface area contributed by atoms with E-state index in [1.54, 1.807) is 12.1 Å². The Balaban J connectivity index is 2.34. The number of rotatable bonds is 3. The summed E-state index contributed by atoms with van der Waals surface area (Å²) in [5.41, 5.74) is 1.69. The van der Waals surface area contributed by atoms with Gasteiger partial charge in [0.1, 0.15) is 5.84 Å². The number of nitrogens with zero attached hydrogens (tertiary/aromatic N) is 3.